The van der Waals surface area contributed by atoms with Crippen LogP contribution in [0.5, 0.6) is 5.75 Å². The van der Waals surface area contributed by atoms with Crippen LogP contribution in [0.4, 0.5) is 0 Å². The van der Waals surface area contributed by atoms with Gasteiger partial charge in [0.25, 0.3) is 5.91 Å². The molecule has 0 bridgehead atoms. The lowest BCUT2D eigenvalue weighted by atomic mass is 10.1. The van der Waals surface area contributed by atoms with E-state index >= 15 is 0 Å². The highest BCUT2D eigenvalue weighted by Gasteiger charge is 2.29. The number of halogens is 2. The molecule has 0 saturated heterocycles. The summed E-state index contributed by atoms with van der Waals surface area (Å²) in [6.07, 6.45) is 4.23. The van der Waals surface area contributed by atoms with Crippen molar-refractivity contribution in [3.8, 4) is 5.75 Å². The number of hydrogen-bond donors (Lipinski definition) is 1. The zero-order valence-corrected chi connectivity index (χ0v) is 19.3. The Morgan fingerprint density at radius 2 is 1.83 bits per heavy atom. The molecule has 1 fully saturated rings. The molecule has 1 saturated carbocycles. The smallest absolute Gasteiger partial charge is 0.261 e. The quantitative estimate of drug-likeness (QED) is 0.566. The monoisotopic (exact) mass is 492 g/mol. The van der Waals surface area contributed by atoms with Crippen LogP contribution in [0, 0.1) is 0 Å². The third-order valence-electron chi connectivity index (χ3n) is 5.34. The number of nitrogens with one attached hydrogen (secondary N) is 1. The maximum Gasteiger partial charge on any atom is 0.261 e. The summed E-state index contributed by atoms with van der Waals surface area (Å²) in [4.78, 5) is 27.4. The molecular formula is C23H26BrClN2O3. The normalized spacial score (nSPS) is 14.9. The number of ether oxygens (including phenoxy) is 1. The fraction of sp³-hybridized carbons (Fsp3) is 0.391. The van der Waals surface area contributed by atoms with Crippen molar-refractivity contribution < 1.29 is 14.3 Å². The van der Waals surface area contributed by atoms with Crippen LogP contribution in [0.15, 0.2) is 53.0 Å². The van der Waals surface area contributed by atoms with Gasteiger partial charge in [-0.15, -0.1) is 0 Å². The van der Waals surface area contributed by atoms with Crippen molar-refractivity contribution in [2.45, 2.75) is 51.2 Å². The van der Waals surface area contributed by atoms with E-state index in [4.69, 9.17) is 16.3 Å². The van der Waals surface area contributed by atoms with Gasteiger partial charge in [0.2, 0.25) is 5.91 Å². The van der Waals surface area contributed by atoms with Gasteiger partial charge in [-0.2, -0.15) is 0 Å². The first-order chi connectivity index (χ1) is 14.4. The second-order valence-corrected chi connectivity index (χ2v) is 8.84. The number of nitrogens with zero attached hydrogens (tertiary/aromatic N) is 1. The van der Waals surface area contributed by atoms with Crippen LogP contribution in [-0.2, 0) is 16.1 Å². The summed E-state index contributed by atoms with van der Waals surface area (Å²) in [5.41, 5.74) is 0.789. The molecule has 0 aromatic heterocycles. The van der Waals surface area contributed by atoms with Crippen molar-refractivity contribution >= 4 is 39.3 Å². The van der Waals surface area contributed by atoms with Gasteiger partial charge in [-0.25, -0.2) is 0 Å². The molecule has 30 heavy (non-hydrogen) atoms. The molecule has 2 aromatic rings. The molecule has 160 valence electrons. The number of hydrogen-bond acceptors (Lipinski definition) is 3. The van der Waals surface area contributed by atoms with Crippen LogP contribution in [0.2, 0.25) is 5.02 Å². The Morgan fingerprint density at radius 3 is 2.50 bits per heavy atom. The molecule has 1 atom stereocenters. The number of carbonyl (C=O) groups excluding carboxylic acids is 2. The third kappa shape index (κ3) is 6.22. The molecule has 1 N–H and O–H groups in total. The van der Waals surface area contributed by atoms with Crippen LogP contribution in [0.25, 0.3) is 0 Å². The zero-order valence-electron chi connectivity index (χ0n) is 16.9. The number of benzene rings is 2. The van der Waals surface area contributed by atoms with Crippen molar-refractivity contribution in [1.82, 2.24) is 10.2 Å². The van der Waals surface area contributed by atoms with Crippen molar-refractivity contribution in [3.05, 3.63) is 63.6 Å². The van der Waals surface area contributed by atoms with Gasteiger partial charge in [-0.1, -0.05) is 58.6 Å². The minimum Gasteiger partial charge on any atom is -0.484 e. The molecule has 5 nitrogen and oxygen atoms in total. The second-order valence-electron chi connectivity index (χ2n) is 7.52. The average Bonchev–Trinajstić information content (AvgIpc) is 3.25. The van der Waals surface area contributed by atoms with Gasteiger partial charge in [0.1, 0.15) is 11.8 Å². The standard InChI is InChI=1S/C23H26BrClN2O3/c1-16(23(29)26-19-7-3-4-8-19)27(14-17-6-2-5-9-21(17)25)22(28)15-30-20-12-10-18(24)11-13-20/h2,5-6,9-13,16,19H,3-4,7-8,14-15H2,1H3,(H,26,29)/t16-/m0/s1. The molecule has 1 aliphatic carbocycles. The molecule has 0 heterocycles. The van der Waals surface area contributed by atoms with E-state index < -0.39 is 6.04 Å². The first-order valence-electron chi connectivity index (χ1n) is 10.2. The molecule has 0 radical (unpaired) electrons. The first-order valence-corrected chi connectivity index (χ1v) is 11.3. The summed E-state index contributed by atoms with van der Waals surface area (Å²) < 4.78 is 6.59. The minimum absolute atomic E-state index is 0.147. The van der Waals surface area contributed by atoms with Gasteiger partial charge in [0.15, 0.2) is 6.61 Å². The Bertz CT molecular complexity index is 869. The minimum atomic E-state index is -0.636. The van der Waals surface area contributed by atoms with E-state index in [-0.39, 0.29) is 31.0 Å². The lowest BCUT2D eigenvalue weighted by molar-refractivity contribution is -0.142. The fourth-order valence-corrected chi connectivity index (χ4v) is 4.00. The van der Waals surface area contributed by atoms with Crippen molar-refractivity contribution in [3.63, 3.8) is 0 Å². The maximum absolute atomic E-state index is 13.1. The van der Waals surface area contributed by atoms with Crippen molar-refractivity contribution in [2.75, 3.05) is 6.61 Å². The molecule has 3 rings (SSSR count). The molecule has 2 aromatic carbocycles. The van der Waals surface area contributed by atoms with E-state index in [1.165, 1.54) is 4.90 Å². The highest BCUT2D eigenvalue weighted by atomic mass is 79.9. The summed E-state index contributed by atoms with van der Waals surface area (Å²) >= 11 is 9.68. The number of carbonyl (C=O) groups is 2. The van der Waals surface area contributed by atoms with Crippen LogP contribution in [-0.4, -0.2) is 35.4 Å². The van der Waals surface area contributed by atoms with Gasteiger partial charge in [-0.05, 0) is 55.7 Å². The SMILES string of the molecule is C[C@@H](C(=O)NC1CCCC1)N(Cc1ccccc1Cl)C(=O)COc1ccc(Br)cc1. The topological polar surface area (TPSA) is 58.6 Å². The Labute approximate surface area is 190 Å². The summed E-state index contributed by atoms with van der Waals surface area (Å²) in [7, 11) is 0. The molecule has 0 aliphatic heterocycles. The Kier molecular flexibility index (Phi) is 8.16. The average molecular weight is 494 g/mol. The molecule has 0 unspecified atom stereocenters. The number of rotatable bonds is 8. The van der Waals surface area contributed by atoms with Gasteiger partial charge in [0.05, 0.1) is 0 Å². The second kappa shape index (κ2) is 10.8. The highest BCUT2D eigenvalue weighted by Crippen LogP contribution is 2.21. The summed E-state index contributed by atoms with van der Waals surface area (Å²) in [6, 6.07) is 14.2. The fourth-order valence-electron chi connectivity index (χ4n) is 3.54. The summed E-state index contributed by atoms with van der Waals surface area (Å²) in [5.74, 6) is 0.171. The predicted octanol–water partition coefficient (Wildman–Crippen LogP) is 4.96. The lowest BCUT2D eigenvalue weighted by Gasteiger charge is -2.30. The molecule has 1 aliphatic rings. The maximum atomic E-state index is 13.1. The van der Waals surface area contributed by atoms with Crippen LogP contribution in [0.1, 0.15) is 38.2 Å². The first kappa shape index (κ1) is 22.6. The Morgan fingerprint density at radius 1 is 1.17 bits per heavy atom. The zero-order chi connectivity index (χ0) is 21.5. The lowest BCUT2D eigenvalue weighted by Crippen LogP contribution is -2.50. The van der Waals surface area contributed by atoms with Crippen molar-refractivity contribution in [2.24, 2.45) is 0 Å². The largest absolute Gasteiger partial charge is 0.484 e. The van der Waals surface area contributed by atoms with E-state index in [0.717, 1.165) is 35.7 Å². The van der Waals surface area contributed by atoms with Crippen LogP contribution < -0.4 is 10.1 Å². The van der Waals surface area contributed by atoms with E-state index in [2.05, 4.69) is 21.2 Å². The van der Waals surface area contributed by atoms with Crippen LogP contribution >= 0.6 is 27.5 Å². The van der Waals surface area contributed by atoms with E-state index in [1.54, 1.807) is 25.1 Å². The van der Waals surface area contributed by atoms with Crippen molar-refractivity contribution in [1.29, 1.82) is 0 Å². The highest BCUT2D eigenvalue weighted by molar-refractivity contribution is 9.10. The van der Waals surface area contributed by atoms with E-state index in [9.17, 15) is 9.59 Å². The van der Waals surface area contributed by atoms with Crippen LogP contribution in [0.3, 0.4) is 0 Å². The van der Waals surface area contributed by atoms with E-state index in [0.29, 0.717) is 10.8 Å². The Balaban J connectivity index is 1.71. The van der Waals surface area contributed by atoms with Gasteiger partial charge in [0, 0.05) is 22.1 Å². The van der Waals surface area contributed by atoms with Gasteiger partial charge < -0.3 is 15.0 Å². The van der Waals surface area contributed by atoms with Gasteiger partial charge in [-0.3, -0.25) is 9.59 Å². The number of amides is 2. The molecule has 0 spiro atoms. The third-order valence-corrected chi connectivity index (χ3v) is 6.24. The summed E-state index contributed by atoms with van der Waals surface area (Å²) in [6.45, 7) is 1.83. The van der Waals surface area contributed by atoms with Gasteiger partial charge >= 0.3 is 0 Å². The predicted molar refractivity (Wildman–Crippen MR) is 121 cm³/mol. The molecule has 7 heteroatoms. The Hall–Kier alpha value is -2.05. The molecule has 2 amide bonds. The molecular weight excluding hydrogens is 468 g/mol. The van der Waals surface area contributed by atoms with E-state index in [1.807, 2.05) is 30.3 Å². The summed E-state index contributed by atoms with van der Waals surface area (Å²) in [5, 5.41) is 3.65.